The predicted octanol–water partition coefficient (Wildman–Crippen LogP) is 0.922. The molecule has 2 N–H and O–H groups in total. The van der Waals surface area contributed by atoms with E-state index in [-0.39, 0.29) is 30.5 Å². The number of hydrogen-bond donors (Lipinski definition) is 2. The second-order valence-electron chi connectivity index (χ2n) is 4.96. The third-order valence-corrected chi connectivity index (χ3v) is 3.26. The first-order valence-electron chi connectivity index (χ1n) is 6.36. The van der Waals surface area contributed by atoms with Gasteiger partial charge in [0.25, 0.3) is 5.91 Å². The van der Waals surface area contributed by atoms with Crippen LogP contribution in [0.3, 0.4) is 0 Å². The summed E-state index contributed by atoms with van der Waals surface area (Å²) in [7, 11) is 0. The van der Waals surface area contributed by atoms with Gasteiger partial charge in [-0.25, -0.2) is 0 Å². The van der Waals surface area contributed by atoms with Crippen molar-refractivity contribution in [3.63, 3.8) is 0 Å². The molecule has 1 aromatic carbocycles. The summed E-state index contributed by atoms with van der Waals surface area (Å²) in [6.07, 6.45) is -0.418. The summed E-state index contributed by atoms with van der Waals surface area (Å²) >= 11 is 0. The topological polar surface area (TPSA) is 70.0 Å². The number of aliphatic hydroxyl groups is 1. The molecule has 0 aromatic heterocycles. The van der Waals surface area contributed by atoms with Gasteiger partial charge in [0.1, 0.15) is 5.75 Å². The number of phenolic OH excluding ortho intramolecular Hbond substituents is 1. The van der Waals surface area contributed by atoms with Crippen molar-refractivity contribution in [1.82, 2.24) is 4.90 Å². The molecule has 5 heteroatoms. The minimum Gasteiger partial charge on any atom is -0.508 e. The van der Waals surface area contributed by atoms with Crippen LogP contribution in [0.15, 0.2) is 18.2 Å². The Bertz CT molecular complexity index is 475. The normalized spacial score (nSPS) is 23.4. The van der Waals surface area contributed by atoms with Gasteiger partial charge in [-0.05, 0) is 37.6 Å². The van der Waals surface area contributed by atoms with E-state index < -0.39 is 0 Å². The van der Waals surface area contributed by atoms with Crippen LogP contribution in [-0.4, -0.2) is 52.9 Å². The number of carbonyl (C=O) groups excluding carboxylic acids is 1. The summed E-state index contributed by atoms with van der Waals surface area (Å²) in [5, 5.41) is 18.6. The molecule has 1 heterocycles. The lowest BCUT2D eigenvalue weighted by Crippen LogP contribution is -2.50. The van der Waals surface area contributed by atoms with Gasteiger partial charge in [0.05, 0.1) is 18.8 Å². The summed E-state index contributed by atoms with van der Waals surface area (Å²) < 4.78 is 5.51. The fraction of sp³-hybridized carbons (Fsp3) is 0.500. The van der Waals surface area contributed by atoms with E-state index in [1.807, 2.05) is 6.92 Å². The summed E-state index contributed by atoms with van der Waals surface area (Å²) in [6.45, 7) is 4.44. The van der Waals surface area contributed by atoms with Gasteiger partial charge in [0, 0.05) is 18.7 Å². The molecule has 0 aliphatic carbocycles. The van der Waals surface area contributed by atoms with E-state index in [4.69, 9.17) is 9.84 Å². The molecule has 104 valence electrons. The van der Waals surface area contributed by atoms with E-state index in [0.29, 0.717) is 24.2 Å². The van der Waals surface area contributed by atoms with Crippen LogP contribution in [0.5, 0.6) is 5.75 Å². The zero-order valence-electron chi connectivity index (χ0n) is 11.2. The van der Waals surface area contributed by atoms with Crippen LogP contribution in [0.2, 0.25) is 0 Å². The molecular formula is C14H19NO4. The quantitative estimate of drug-likeness (QED) is 0.834. The molecule has 1 aliphatic heterocycles. The van der Waals surface area contributed by atoms with Crippen molar-refractivity contribution in [1.29, 1.82) is 0 Å². The monoisotopic (exact) mass is 265 g/mol. The predicted molar refractivity (Wildman–Crippen MR) is 70.2 cm³/mol. The SMILES string of the molecule is Cc1cc(C(=O)N2CC(C)OC(CO)C2)ccc1O. The highest BCUT2D eigenvalue weighted by molar-refractivity contribution is 5.94. The fourth-order valence-corrected chi connectivity index (χ4v) is 2.28. The van der Waals surface area contributed by atoms with Crippen molar-refractivity contribution in [2.45, 2.75) is 26.1 Å². The molecule has 2 atom stereocenters. The maximum Gasteiger partial charge on any atom is 0.254 e. The maximum atomic E-state index is 12.4. The standard InChI is InChI=1S/C14H19NO4/c1-9-5-11(3-4-13(9)17)14(18)15-6-10(2)19-12(7-15)8-16/h3-5,10,12,16-17H,6-8H2,1-2H3. The summed E-state index contributed by atoms with van der Waals surface area (Å²) in [5.74, 6) is 0.0804. The van der Waals surface area contributed by atoms with Gasteiger partial charge in [0.2, 0.25) is 0 Å². The van der Waals surface area contributed by atoms with Crippen LogP contribution < -0.4 is 0 Å². The number of morpholine rings is 1. The maximum absolute atomic E-state index is 12.4. The highest BCUT2D eigenvalue weighted by atomic mass is 16.5. The highest BCUT2D eigenvalue weighted by Crippen LogP contribution is 2.20. The van der Waals surface area contributed by atoms with Gasteiger partial charge < -0.3 is 19.8 Å². The van der Waals surface area contributed by atoms with Crippen LogP contribution >= 0.6 is 0 Å². The average molecular weight is 265 g/mol. The number of rotatable bonds is 2. The molecule has 2 unspecified atom stereocenters. The largest absolute Gasteiger partial charge is 0.508 e. The Morgan fingerprint density at radius 3 is 2.84 bits per heavy atom. The number of aromatic hydroxyl groups is 1. The number of nitrogens with zero attached hydrogens (tertiary/aromatic N) is 1. The number of benzene rings is 1. The third kappa shape index (κ3) is 3.05. The van der Waals surface area contributed by atoms with Gasteiger partial charge in [-0.1, -0.05) is 0 Å². The smallest absolute Gasteiger partial charge is 0.254 e. The molecular weight excluding hydrogens is 246 g/mol. The van der Waals surface area contributed by atoms with Crippen molar-refractivity contribution in [2.75, 3.05) is 19.7 Å². The Hall–Kier alpha value is -1.59. The fourth-order valence-electron chi connectivity index (χ4n) is 2.28. The van der Waals surface area contributed by atoms with E-state index in [0.717, 1.165) is 0 Å². The first-order chi connectivity index (χ1) is 9.01. The van der Waals surface area contributed by atoms with Crippen LogP contribution in [0, 0.1) is 6.92 Å². The molecule has 0 radical (unpaired) electrons. The molecule has 1 fully saturated rings. The first kappa shape index (κ1) is 13.8. The molecule has 1 aliphatic rings. The average Bonchev–Trinajstić information content (AvgIpc) is 2.40. The van der Waals surface area contributed by atoms with Gasteiger partial charge in [-0.15, -0.1) is 0 Å². The molecule has 0 bridgehead atoms. The highest BCUT2D eigenvalue weighted by Gasteiger charge is 2.28. The van der Waals surface area contributed by atoms with Crippen molar-refractivity contribution in [3.05, 3.63) is 29.3 Å². The Labute approximate surface area is 112 Å². The number of phenols is 1. The van der Waals surface area contributed by atoms with Gasteiger partial charge in [-0.3, -0.25) is 4.79 Å². The Kier molecular flexibility index (Phi) is 4.07. The summed E-state index contributed by atoms with van der Waals surface area (Å²) in [6, 6.07) is 4.81. The lowest BCUT2D eigenvalue weighted by Gasteiger charge is -2.36. The number of hydrogen-bond acceptors (Lipinski definition) is 4. The molecule has 0 spiro atoms. The van der Waals surface area contributed by atoms with Crippen molar-refractivity contribution >= 4 is 5.91 Å². The third-order valence-electron chi connectivity index (χ3n) is 3.26. The van der Waals surface area contributed by atoms with Crippen molar-refractivity contribution < 1.29 is 19.7 Å². The van der Waals surface area contributed by atoms with E-state index in [1.54, 1.807) is 24.0 Å². The minimum absolute atomic E-state index is 0.0898. The van der Waals surface area contributed by atoms with Crippen LogP contribution in [0.4, 0.5) is 0 Å². The zero-order valence-corrected chi connectivity index (χ0v) is 11.2. The lowest BCUT2D eigenvalue weighted by atomic mass is 10.1. The van der Waals surface area contributed by atoms with E-state index in [2.05, 4.69) is 0 Å². The van der Waals surface area contributed by atoms with E-state index in [1.165, 1.54) is 6.07 Å². The van der Waals surface area contributed by atoms with Crippen LogP contribution in [0.25, 0.3) is 0 Å². The summed E-state index contributed by atoms with van der Waals surface area (Å²) in [5.41, 5.74) is 1.21. The van der Waals surface area contributed by atoms with Crippen molar-refractivity contribution in [2.24, 2.45) is 0 Å². The Morgan fingerprint density at radius 1 is 1.47 bits per heavy atom. The molecule has 1 saturated heterocycles. The van der Waals surface area contributed by atoms with E-state index >= 15 is 0 Å². The molecule has 1 amide bonds. The second kappa shape index (κ2) is 5.59. The Balaban J connectivity index is 2.16. The number of aliphatic hydroxyl groups excluding tert-OH is 1. The van der Waals surface area contributed by atoms with Crippen molar-refractivity contribution in [3.8, 4) is 5.75 Å². The minimum atomic E-state index is -0.328. The molecule has 1 aromatic rings. The van der Waals surface area contributed by atoms with Crippen LogP contribution in [0.1, 0.15) is 22.8 Å². The molecule has 19 heavy (non-hydrogen) atoms. The first-order valence-corrected chi connectivity index (χ1v) is 6.36. The molecule has 5 nitrogen and oxygen atoms in total. The molecule has 2 rings (SSSR count). The van der Waals surface area contributed by atoms with Gasteiger partial charge >= 0.3 is 0 Å². The number of carbonyl (C=O) groups is 1. The molecule has 0 saturated carbocycles. The lowest BCUT2D eigenvalue weighted by molar-refractivity contribution is -0.0858. The number of amides is 1. The second-order valence-corrected chi connectivity index (χ2v) is 4.96. The zero-order chi connectivity index (χ0) is 14.0. The number of aryl methyl sites for hydroxylation is 1. The van der Waals surface area contributed by atoms with Gasteiger partial charge in [0.15, 0.2) is 0 Å². The Morgan fingerprint density at radius 2 is 2.21 bits per heavy atom. The van der Waals surface area contributed by atoms with E-state index in [9.17, 15) is 9.90 Å². The van der Waals surface area contributed by atoms with Crippen LogP contribution in [-0.2, 0) is 4.74 Å². The summed E-state index contributed by atoms with van der Waals surface area (Å²) in [4.78, 5) is 14.1. The van der Waals surface area contributed by atoms with Gasteiger partial charge in [-0.2, -0.15) is 0 Å². The number of ether oxygens (including phenoxy) is 1.